The molecule has 154 valence electrons. The molecule has 9 heteroatoms. The van der Waals surface area contributed by atoms with Gasteiger partial charge in [0, 0.05) is 29.5 Å². The maximum atomic E-state index is 13.4. The molecule has 0 radical (unpaired) electrons. The summed E-state index contributed by atoms with van der Waals surface area (Å²) in [4.78, 5) is 22.9. The summed E-state index contributed by atoms with van der Waals surface area (Å²) in [5.74, 6) is 0.0416. The van der Waals surface area contributed by atoms with Gasteiger partial charge in [-0.1, -0.05) is 6.92 Å². The van der Waals surface area contributed by atoms with Crippen LogP contribution in [0.15, 0.2) is 47.3 Å². The Hall–Kier alpha value is -3.36. The van der Waals surface area contributed by atoms with E-state index in [1.165, 1.54) is 16.9 Å². The van der Waals surface area contributed by atoms with Crippen molar-refractivity contribution >= 4 is 22.7 Å². The number of hydrogen-bond donors (Lipinski definition) is 0. The lowest BCUT2D eigenvalue weighted by molar-refractivity contribution is 0.0645. The molecule has 4 heterocycles. The van der Waals surface area contributed by atoms with E-state index in [9.17, 15) is 13.6 Å². The molecular weight excluding hydrogens is 392 g/mol. The lowest BCUT2D eigenvalue weighted by atomic mass is 9.78. The van der Waals surface area contributed by atoms with Crippen LogP contribution in [0, 0.1) is 0 Å². The van der Waals surface area contributed by atoms with Crippen LogP contribution in [0.25, 0.3) is 16.7 Å². The van der Waals surface area contributed by atoms with E-state index < -0.39 is 11.8 Å². The lowest BCUT2D eigenvalue weighted by Crippen LogP contribution is -2.48. The van der Waals surface area contributed by atoms with Crippen LogP contribution in [-0.4, -0.2) is 43.5 Å². The summed E-state index contributed by atoms with van der Waals surface area (Å²) in [6, 6.07) is 8.54. The van der Waals surface area contributed by atoms with Crippen molar-refractivity contribution in [1.82, 2.24) is 24.5 Å². The van der Waals surface area contributed by atoms with E-state index >= 15 is 0 Å². The smallest absolute Gasteiger partial charge is 0.280 e. The van der Waals surface area contributed by atoms with Gasteiger partial charge in [-0.25, -0.2) is 18.3 Å². The monoisotopic (exact) mass is 411 g/mol. The molecule has 0 saturated carbocycles. The first-order chi connectivity index (χ1) is 14.4. The van der Waals surface area contributed by atoms with E-state index in [-0.39, 0.29) is 17.4 Å². The highest BCUT2D eigenvalue weighted by Crippen LogP contribution is 2.35. The molecule has 0 bridgehead atoms. The molecule has 1 atom stereocenters. The molecule has 1 aliphatic heterocycles. The number of furan rings is 1. The molecule has 1 aromatic carbocycles. The van der Waals surface area contributed by atoms with Crippen LogP contribution in [0.2, 0.25) is 0 Å². The van der Waals surface area contributed by atoms with Crippen LogP contribution < -0.4 is 0 Å². The zero-order valence-corrected chi connectivity index (χ0v) is 16.3. The van der Waals surface area contributed by atoms with Gasteiger partial charge in [0.2, 0.25) is 0 Å². The molecule has 30 heavy (non-hydrogen) atoms. The van der Waals surface area contributed by atoms with E-state index in [0.29, 0.717) is 24.3 Å². The first-order valence-electron chi connectivity index (χ1n) is 9.70. The van der Waals surface area contributed by atoms with Gasteiger partial charge in [0.25, 0.3) is 18.1 Å². The van der Waals surface area contributed by atoms with Gasteiger partial charge in [-0.05, 0) is 43.2 Å². The summed E-state index contributed by atoms with van der Waals surface area (Å²) < 4.78 is 33.7. The Kier molecular flexibility index (Phi) is 4.27. The van der Waals surface area contributed by atoms with E-state index in [2.05, 4.69) is 15.1 Å². The lowest BCUT2D eigenvalue weighted by Gasteiger charge is -2.40. The Morgan fingerprint density at radius 3 is 2.97 bits per heavy atom. The van der Waals surface area contributed by atoms with Crippen molar-refractivity contribution in [2.75, 3.05) is 13.1 Å². The molecule has 1 fully saturated rings. The number of halogens is 2. The van der Waals surface area contributed by atoms with Crippen LogP contribution in [0.1, 0.15) is 47.9 Å². The van der Waals surface area contributed by atoms with Crippen molar-refractivity contribution in [2.24, 2.45) is 0 Å². The minimum Gasteiger partial charge on any atom is -0.464 e. The molecular formula is C21H19F2N5O2. The Morgan fingerprint density at radius 2 is 2.13 bits per heavy atom. The van der Waals surface area contributed by atoms with Crippen LogP contribution in [0.4, 0.5) is 8.78 Å². The summed E-state index contributed by atoms with van der Waals surface area (Å²) in [5.41, 5.74) is 0.984. The van der Waals surface area contributed by atoms with Gasteiger partial charge in [0.1, 0.15) is 17.6 Å². The summed E-state index contributed by atoms with van der Waals surface area (Å²) in [6.07, 6.45) is 1.66. The van der Waals surface area contributed by atoms with Crippen molar-refractivity contribution in [3.63, 3.8) is 0 Å². The number of benzene rings is 1. The number of nitrogens with zero attached hydrogens (tertiary/aromatic N) is 5. The fraction of sp³-hybridized carbons (Fsp3) is 0.333. The number of hydrogen-bond acceptors (Lipinski definition) is 5. The maximum absolute atomic E-state index is 13.4. The van der Waals surface area contributed by atoms with Gasteiger partial charge in [0.05, 0.1) is 12.0 Å². The molecule has 1 amide bonds. The number of fused-ring (bicyclic) bond motifs is 2. The van der Waals surface area contributed by atoms with Gasteiger partial charge >= 0.3 is 0 Å². The second kappa shape index (κ2) is 6.86. The molecule has 0 N–H and O–H groups in total. The minimum atomic E-state index is -2.71. The van der Waals surface area contributed by atoms with Crippen molar-refractivity contribution in [1.29, 1.82) is 0 Å². The number of aromatic nitrogens is 4. The fourth-order valence-corrected chi connectivity index (χ4v) is 4.28. The zero-order chi connectivity index (χ0) is 20.9. The number of amides is 1. The number of likely N-dealkylation sites (tertiary alicyclic amines) is 1. The quantitative estimate of drug-likeness (QED) is 0.509. The third kappa shape index (κ3) is 3.01. The molecule has 1 unspecified atom stereocenters. The Labute approximate surface area is 170 Å². The average Bonchev–Trinajstić information content (AvgIpc) is 3.40. The van der Waals surface area contributed by atoms with Gasteiger partial charge in [-0.2, -0.15) is 10.1 Å². The van der Waals surface area contributed by atoms with Gasteiger partial charge in [-0.3, -0.25) is 4.79 Å². The van der Waals surface area contributed by atoms with Crippen LogP contribution in [0.3, 0.4) is 0 Å². The predicted octanol–water partition coefficient (Wildman–Crippen LogP) is 4.00. The van der Waals surface area contributed by atoms with Crippen LogP contribution >= 0.6 is 0 Å². The second-order valence-corrected chi connectivity index (χ2v) is 7.90. The predicted molar refractivity (Wildman–Crippen MR) is 104 cm³/mol. The van der Waals surface area contributed by atoms with Crippen LogP contribution in [0.5, 0.6) is 0 Å². The van der Waals surface area contributed by atoms with Crippen molar-refractivity contribution in [3.05, 3.63) is 59.9 Å². The molecule has 7 nitrogen and oxygen atoms in total. The van der Waals surface area contributed by atoms with E-state index in [1.807, 2.05) is 19.1 Å². The molecule has 1 saturated heterocycles. The zero-order valence-electron chi connectivity index (χ0n) is 16.3. The standard InChI is InChI=1S/C21H19F2N5O2/c1-21(17-10-15(18(22)23)26-20-24-12-25-28(17)20)6-2-7-27(11-21)19(29)14-3-4-16-13(9-14)5-8-30-16/h3-5,8-10,12,18H,2,6-7,11H2,1H3. The first kappa shape index (κ1) is 18.7. The number of rotatable bonds is 3. The third-order valence-electron chi connectivity index (χ3n) is 5.80. The highest BCUT2D eigenvalue weighted by molar-refractivity contribution is 5.97. The Balaban J connectivity index is 1.50. The molecule has 0 spiro atoms. The molecule has 4 aromatic rings. The molecule has 0 aliphatic carbocycles. The largest absolute Gasteiger partial charge is 0.464 e. The van der Waals surface area contributed by atoms with Crippen molar-refractivity contribution in [3.8, 4) is 0 Å². The first-order valence-corrected chi connectivity index (χ1v) is 9.70. The average molecular weight is 411 g/mol. The molecule has 1 aliphatic rings. The normalized spacial score (nSPS) is 19.8. The molecule has 3 aromatic heterocycles. The van der Waals surface area contributed by atoms with Gasteiger partial charge in [0.15, 0.2) is 0 Å². The maximum Gasteiger partial charge on any atom is 0.280 e. The van der Waals surface area contributed by atoms with Crippen molar-refractivity contribution < 1.29 is 18.0 Å². The number of carbonyl (C=O) groups is 1. The van der Waals surface area contributed by atoms with E-state index in [4.69, 9.17) is 4.42 Å². The number of alkyl halides is 2. The van der Waals surface area contributed by atoms with E-state index in [1.54, 1.807) is 23.3 Å². The Bertz CT molecular complexity index is 1250. The third-order valence-corrected chi connectivity index (χ3v) is 5.80. The van der Waals surface area contributed by atoms with Crippen molar-refractivity contribution in [2.45, 2.75) is 31.6 Å². The van der Waals surface area contributed by atoms with E-state index in [0.717, 1.165) is 23.8 Å². The SMILES string of the molecule is CC1(c2cc(C(F)F)nc3ncnn23)CCCN(C(=O)c2ccc3occc3c2)C1. The highest BCUT2D eigenvalue weighted by Gasteiger charge is 2.38. The topological polar surface area (TPSA) is 76.5 Å². The summed E-state index contributed by atoms with van der Waals surface area (Å²) in [5, 5.41) is 5.04. The van der Waals surface area contributed by atoms with Gasteiger partial charge < -0.3 is 9.32 Å². The summed E-state index contributed by atoms with van der Waals surface area (Å²) in [7, 11) is 0. The minimum absolute atomic E-state index is 0.0954. The number of piperidine rings is 1. The molecule has 5 rings (SSSR count). The summed E-state index contributed by atoms with van der Waals surface area (Å²) in [6.45, 7) is 2.96. The summed E-state index contributed by atoms with van der Waals surface area (Å²) >= 11 is 0. The number of carbonyl (C=O) groups excluding carboxylic acids is 1. The second-order valence-electron chi connectivity index (χ2n) is 7.90. The Morgan fingerprint density at radius 1 is 1.27 bits per heavy atom. The highest BCUT2D eigenvalue weighted by atomic mass is 19.3. The fourth-order valence-electron chi connectivity index (χ4n) is 4.28. The van der Waals surface area contributed by atoms with Crippen LogP contribution in [-0.2, 0) is 5.41 Å². The van der Waals surface area contributed by atoms with Gasteiger partial charge in [-0.15, -0.1) is 0 Å².